The molecule has 1 rings (SSSR count). The minimum absolute atomic E-state index is 0. The SMILES string of the molecule is N#[C][Fe]([C]#N)([C]#N)([C]#N)([C]#N)[C]#N.Oc1ccccc1.[KH]. The molecule has 0 heterocycles. The minimum atomic E-state index is -6.17. The van der Waals surface area contributed by atoms with Crippen molar-refractivity contribution in [2.24, 2.45) is 0 Å². The summed E-state index contributed by atoms with van der Waals surface area (Å²) in [6, 6.07) is 8.71. The van der Waals surface area contributed by atoms with Gasteiger partial charge in [0.05, 0.1) is 0 Å². The third-order valence-corrected chi connectivity index (χ3v) is 5.65. The summed E-state index contributed by atoms with van der Waals surface area (Å²) in [5.41, 5.74) is 0. The van der Waals surface area contributed by atoms with Crippen LogP contribution < -0.4 is 0 Å². The van der Waals surface area contributed by atoms with Gasteiger partial charge in [0.15, 0.2) is 0 Å². The van der Waals surface area contributed by atoms with Crippen LogP contribution in [0.3, 0.4) is 0 Å². The van der Waals surface area contributed by atoms with Crippen molar-refractivity contribution in [3.05, 3.63) is 30.3 Å². The van der Waals surface area contributed by atoms with E-state index >= 15 is 0 Å². The Morgan fingerprint density at radius 2 is 0.952 bits per heavy atom. The predicted octanol–water partition coefficient (Wildman–Crippen LogP) is 0.842. The van der Waals surface area contributed by atoms with Gasteiger partial charge in [-0.1, -0.05) is 18.2 Å². The molecule has 0 aromatic heterocycles. The van der Waals surface area contributed by atoms with Gasteiger partial charge in [0, 0.05) is 0 Å². The van der Waals surface area contributed by atoms with E-state index in [0.29, 0.717) is 5.75 Å². The summed E-state index contributed by atoms with van der Waals surface area (Å²) in [4.78, 5) is 6.19. The fraction of sp³-hybridized carbons (Fsp3) is 0. The molecule has 0 bridgehead atoms. The first-order chi connectivity index (χ1) is 9.37. The molecular weight excluding hydrogens is 339 g/mol. The molecule has 0 saturated heterocycles. The van der Waals surface area contributed by atoms with Crippen molar-refractivity contribution < 1.29 is 15.8 Å². The molecule has 100 valence electrons. The van der Waals surface area contributed by atoms with Crippen molar-refractivity contribution >= 4 is 51.4 Å². The average molecular weight is 346 g/mol. The maximum atomic E-state index is 8.63. The number of hydrogen-bond acceptors (Lipinski definition) is 7. The second kappa shape index (κ2) is 7.22. The summed E-state index contributed by atoms with van der Waals surface area (Å²) in [7, 11) is -6.17. The summed E-state index contributed by atoms with van der Waals surface area (Å²) in [5, 5.41) is 60.1. The molecule has 0 amide bonds. The Labute approximate surface area is 162 Å². The van der Waals surface area contributed by atoms with E-state index in [4.69, 9.17) is 36.7 Å². The zero-order valence-corrected chi connectivity index (χ0v) is 11.0. The third-order valence-electron chi connectivity index (χ3n) is 1.94. The molecule has 0 aliphatic carbocycles. The van der Waals surface area contributed by atoms with Crippen LogP contribution in [-0.4, -0.2) is 56.5 Å². The molecule has 0 unspecified atom stereocenters. The molecule has 0 aliphatic heterocycles. The monoisotopic (exact) mass is 346 g/mol. The number of para-hydroxylation sites is 1. The van der Waals surface area contributed by atoms with Crippen LogP contribution in [-0.2, 0) is 10.7 Å². The molecule has 1 aromatic carbocycles. The van der Waals surface area contributed by atoms with Gasteiger partial charge in [0.1, 0.15) is 5.75 Å². The molecule has 0 aliphatic rings. The topological polar surface area (TPSA) is 163 Å². The normalized spacial score (nSPS) is 11.1. The van der Waals surface area contributed by atoms with E-state index in [1.165, 1.54) is 0 Å². The van der Waals surface area contributed by atoms with Crippen LogP contribution in [0.1, 0.15) is 0 Å². The number of aromatic hydroxyl groups is 1. The van der Waals surface area contributed by atoms with E-state index in [9.17, 15) is 0 Å². The molecule has 0 spiro atoms. The molecule has 0 saturated carbocycles. The second-order valence-electron chi connectivity index (χ2n) is 3.14. The fourth-order valence-corrected chi connectivity index (χ4v) is 1.52. The van der Waals surface area contributed by atoms with Crippen LogP contribution in [0.15, 0.2) is 30.3 Å². The first kappa shape index (κ1) is 21.4. The molecule has 0 radical (unpaired) electrons. The summed E-state index contributed by atoms with van der Waals surface area (Å²) >= 11 is 0. The van der Waals surface area contributed by atoms with E-state index in [2.05, 4.69) is 0 Å². The summed E-state index contributed by atoms with van der Waals surface area (Å²) in [6.07, 6.45) is 0. The van der Waals surface area contributed by atoms with Gasteiger partial charge in [-0.15, -0.1) is 0 Å². The number of benzene rings is 1. The molecule has 0 fully saturated rings. The van der Waals surface area contributed by atoms with E-state index in [1.54, 1.807) is 24.3 Å². The van der Waals surface area contributed by atoms with Crippen molar-refractivity contribution in [2.45, 2.75) is 0 Å². The van der Waals surface area contributed by atoms with Gasteiger partial charge in [-0.25, -0.2) is 0 Å². The molecule has 0 atom stereocenters. The van der Waals surface area contributed by atoms with Gasteiger partial charge in [-0.05, 0) is 12.1 Å². The zero-order valence-electron chi connectivity index (χ0n) is 9.87. The Kier molecular flexibility index (Phi) is 7.36. The van der Waals surface area contributed by atoms with Gasteiger partial charge in [-0.3, -0.25) is 0 Å². The Morgan fingerprint density at radius 3 is 1.05 bits per heavy atom. The molecule has 1 aromatic rings. The van der Waals surface area contributed by atoms with E-state index < -0.39 is 10.7 Å². The molecule has 9 heteroatoms. The van der Waals surface area contributed by atoms with Crippen molar-refractivity contribution in [3.63, 3.8) is 0 Å². The number of phenolic OH excluding ortho intramolecular Hbond substituents is 1. The summed E-state index contributed by atoms with van der Waals surface area (Å²) < 4.78 is 0. The van der Waals surface area contributed by atoms with Crippen molar-refractivity contribution in [3.8, 4) is 35.6 Å². The fourth-order valence-electron chi connectivity index (χ4n) is 0.693. The number of hydrogen-bond donors (Lipinski definition) is 1. The summed E-state index contributed by atoms with van der Waals surface area (Å²) in [5.74, 6) is 0.322. The number of nitriles is 6. The van der Waals surface area contributed by atoms with Crippen LogP contribution in [0.2, 0.25) is 0 Å². The van der Waals surface area contributed by atoms with Gasteiger partial charge in [0.25, 0.3) is 0 Å². The Balaban J connectivity index is 0. The van der Waals surface area contributed by atoms with Crippen LogP contribution in [0.25, 0.3) is 0 Å². The molecule has 21 heavy (non-hydrogen) atoms. The van der Waals surface area contributed by atoms with Crippen molar-refractivity contribution in [1.29, 1.82) is 31.6 Å². The van der Waals surface area contributed by atoms with Gasteiger partial charge >= 0.3 is 123 Å². The van der Waals surface area contributed by atoms with E-state index in [-0.39, 0.29) is 51.4 Å². The third kappa shape index (κ3) is 3.61. The summed E-state index contributed by atoms with van der Waals surface area (Å²) in [6.45, 7) is 0. The van der Waals surface area contributed by atoms with Crippen molar-refractivity contribution in [1.82, 2.24) is 0 Å². The van der Waals surface area contributed by atoms with Crippen LogP contribution in [0.4, 0.5) is 0 Å². The Morgan fingerprint density at radius 1 is 0.667 bits per heavy atom. The van der Waals surface area contributed by atoms with Crippen molar-refractivity contribution in [2.75, 3.05) is 0 Å². The van der Waals surface area contributed by atoms with Crippen LogP contribution >= 0.6 is 0 Å². The van der Waals surface area contributed by atoms with Crippen LogP contribution in [0, 0.1) is 61.4 Å². The van der Waals surface area contributed by atoms with Gasteiger partial charge in [0.2, 0.25) is 0 Å². The quantitative estimate of drug-likeness (QED) is 0.680. The second-order valence-corrected chi connectivity index (χ2v) is 8.76. The standard InChI is InChI=1S/C6H6O.6CN.Fe.K.H/c7-6-4-2-1-3-5-6;6*1-2;;;/h1-5,7H;;;;;;;;;. The first-order valence-corrected chi connectivity index (χ1v) is 7.85. The van der Waals surface area contributed by atoms with E-state index in [0.717, 1.165) is 29.8 Å². The number of phenols is 1. The molecular formula is C12H7FeKN6O. The van der Waals surface area contributed by atoms with E-state index in [1.807, 2.05) is 6.07 Å². The Hall–Kier alpha value is -1.88. The first-order valence-electron chi connectivity index (χ1n) is 4.54. The zero-order chi connectivity index (χ0) is 15.8. The predicted molar refractivity (Wildman–Crippen MR) is 68.9 cm³/mol. The molecule has 1 N–H and O–H groups in total. The molecule has 7 nitrogen and oxygen atoms in total. The Bertz CT molecular complexity index is 651. The maximum absolute atomic E-state index is 8.63. The van der Waals surface area contributed by atoms with Crippen LogP contribution in [0.5, 0.6) is 5.75 Å². The van der Waals surface area contributed by atoms with Gasteiger partial charge < -0.3 is 5.11 Å². The van der Waals surface area contributed by atoms with Gasteiger partial charge in [-0.2, -0.15) is 0 Å². The number of nitrogens with zero attached hydrogens (tertiary/aromatic N) is 6. The average Bonchev–Trinajstić information content (AvgIpc) is 2.54. The number of rotatable bonds is 0.